The van der Waals surface area contributed by atoms with Crippen LogP contribution in [-0.2, 0) is 10.1 Å². The third-order valence-corrected chi connectivity index (χ3v) is 5.45. The number of hydrogen-bond acceptors (Lipinski definition) is 11. The number of aryl methyl sites for hydroxylation is 1. The van der Waals surface area contributed by atoms with Crippen molar-refractivity contribution in [2.75, 3.05) is 11.1 Å². The van der Waals surface area contributed by atoms with Crippen LogP contribution in [0.3, 0.4) is 0 Å². The molecule has 4 rings (SSSR count). The Morgan fingerprint density at radius 2 is 1.82 bits per heavy atom. The Morgan fingerprint density at radius 1 is 1.09 bits per heavy atom. The molecular weight excluding hydrogens is 486 g/mol. The molecule has 2 heterocycles. The summed E-state index contributed by atoms with van der Waals surface area (Å²) in [5.41, 5.74) is 6.53. The number of para-hydroxylation sites is 1. The van der Waals surface area contributed by atoms with Gasteiger partial charge < -0.3 is 16.2 Å². The summed E-state index contributed by atoms with van der Waals surface area (Å²) in [5, 5.41) is 25.4. The summed E-state index contributed by atoms with van der Waals surface area (Å²) in [7, 11) is -4.65. The Labute approximate surface area is 197 Å². The zero-order valence-electron chi connectivity index (χ0n) is 17.3. The lowest BCUT2D eigenvalue weighted by Crippen LogP contribution is -2.04. The lowest BCUT2D eigenvalue weighted by molar-refractivity contribution is 0.434. The molecule has 0 aliphatic rings. The predicted molar refractivity (Wildman–Crippen MR) is 123 cm³/mol. The second kappa shape index (κ2) is 9.01. The number of nitrogens with one attached hydrogen (secondary N) is 1. The van der Waals surface area contributed by atoms with Crippen molar-refractivity contribution in [3.63, 3.8) is 0 Å². The van der Waals surface area contributed by atoms with Gasteiger partial charge in [-0.2, -0.15) is 33.2 Å². The van der Waals surface area contributed by atoms with E-state index >= 15 is 0 Å². The Kier molecular flexibility index (Phi) is 6.10. The highest BCUT2D eigenvalue weighted by Gasteiger charge is 2.19. The fourth-order valence-corrected chi connectivity index (χ4v) is 3.69. The van der Waals surface area contributed by atoms with Crippen molar-refractivity contribution in [2.24, 2.45) is 10.2 Å². The van der Waals surface area contributed by atoms with E-state index < -0.39 is 15.0 Å². The quantitative estimate of drug-likeness (QED) is 0.223. The van der Waals surface area contributed by atoms with Crippen LogP contribution in [0.25, 0.3) is 5.69 Å². The van der Waals surface area contributed by atoms with Gasteiger partial charge in [0.1, 0.15) is 10.6 Å². The molecule has 2 aromatic carbocycles. The first-order valence-electron chi connectivity index (χ1n) is 9.43. The van der Waals surface area contributed by atoms with E-state index in [4.69, 9.17) is 17.3 Å². The number of aromatic hydroxyl groups is 1. The van der Waals surface area contributed by atoms with E-state index in [9.17, 15) is 18.1 Å². The van der Waals surface area contributed by atoms with Gasteiger partial charge in [-0.1, -0.05) is 18.2 Å². The van der Waals surface area contributed by atoms with Gasteiger partial charge in [0, 0.05) is 5.69 Å². The molecule has 4 aromatic rings. The molecule has 0 saturated carbocycles. The molecule has 0 atom stereocenters. The summed E-state index contributed by atoms with van der Waals surface area (Å²) in [6.07, 6.45) is 0. The molecule has 0 aliphatic carbocycles. The van der Waals surface area contributed by atoms with Crippen LogP contribution in [0.5, 0.6) is 5.88 Å². The molecule has 2 aromatic heterocycles. The van der Waals surface area contributed by atoms with Crippen LogP contribution in [0.15, 0.2) is 63.7 Å². The second-order valence-corrected chi connectivity index (χ2v) is 8.50. The first kappa shape index (κ1) is 23.0. The maximum Gasteiger partial charge on any atom is 0.296 e. The summed E-state index contributed by atoms with van der Waals surface area (Å²) < 4.78 is 34.6. The molecule has 0 spiro atoms. The van der Waals surface area contributed by atoms with Crippen LogP contribution in [0, 0.1) is 6.92 Å². The van der Waals surface area contributed by atoms with Crippen LogP contribution in [0.4, 0.5) is 29.0 Å². The molecule has 34 heavy (non-hydrogen) atoms. The Balaban J connectivity index is 1.73. The number of hydrogen-bond donors (Lipinski definition) is 4. The SMILES string of the molecule is Cc1nn(-c2ccccc2)c(O)c1N=Nc1cc(Nc2nc(N)nc(Cl)n2)ccc1S(=O)(=O)O. The summed E-state index contributed by atoms with van der Waals surface area (Å²) >= 11 is 5.77. The largest absolute Gasteiger partial charge is 0.492 e. The molecule has 174 valence electrons. The number of rotatable bonds is 6. The van der Waals surface area contributed by atoms with Gasteiger partial charge in [0.2, 0.25) is 23.1 Å². The monoisotopic (exact) mass is 501 g/mol. The average Bonchev–Trinajstić information content (AvgIpc) is 3.05. The van der Waals surface area contributed by atoms with Gasteiger partial charge in [-0.25, -0.2) is 0 Å². The van der Waals surface area contributed by atoms with Gasteiger partial charge in [-0.3, -0.25) is 4.55 Å². The number of anilines is 3. The van der Waals surface area contributed by atoms with E-state index in [0.29, 0.717) is 11.4 Å². The third kappa shape index (κ3) is 4.93. The lowest BCUT2D eigenvalue weighted by atomic mass is 10.3. The van der Waals surface area contributed by atoms with Crippen LogP contribution in [0.1, 0.15) is 5.69 Å². The van der Waals surface area contributed by atoms with Crippen LogP contribution in [0.2, 0.25) is 5.28 Å². The molecule has 5 N–H and O–H groups in total. The summed E-state index contributed by atoms with van der Waals surface area (Å²) in [5.74, 6) is -0.429. The number of halogens is 1. The third-order valence-electron chi connectivity index (χ3n) is 4.38. The minimum atomic E-state index is -4.65. The molecule has 0 radical (unpaired) electrons. The molecule has 13 nitrogen and oxygen atoms in total. The van der Waals surface area contributed by atoms with Crippen molar-refractivity contribution >= 4 is 50.7 Å². The minimum absolute atomic E-state index is 0.00220. The molecule has 0 fully saturated rings. The number of azo groups is 1. The number of nitrogens with two attached hydrogens (primary N) is 1. The molecule has 0 amide bonds. The molecule has 0 aliphatic heterocycles. The highest BCUT2D eigenvalue weighted by molar-refractivity contribution is 7.86. The van der Waals surface area contributed by atoms with E-state index in [-0.39, 0.29) is 40.1 Å². The highest BCUT2D eigenvalue weighted by Crippen LogP contribution is 2.35. The fraction of sp³-hybridized carbons (Fsp3) is 0.0526. The van der Waals surface area contributed by atoms with Crippen molar-refractivity contribution in [1.82, 2.24) is 24.7 Å². The summed E-state index contributed by atoms with van der Waals surface area (Å²) in [4.78, 5) is 10.9. The number of nitrogens with zero attached hydrogens (tertiary/aromatic N) is 7. The normalized spacial score (nSPS) is 11.7. The zero-order chi connectivity index (χ0) is 24.5. The van der Waals surface area contributed by atoms with E-state index in [1.807, 2.05) is 6.07 Å². The molecule has 0 unspecified atom stereocenters. The predicted octanol–water partition coefficient (Wildman–Crippen LogP) is 3.71. The molecule has 0 saturated heterocycles. The summed E-state index contributed by atoms with van der Waals surface area (Å²) in [6, 6.07) is 12.6. The van der Waals surface area contributed by atoms with Crippen LogP contribution >= 0.6 is 11.6 Å². The van der Waals surface area contributed by atoms with E-state index in [1.165, 1.54) is 16.8 Å². The van der Waals surface area contributed by atoms with E-state index in [0.717, 1.165) is 6.07 Å². The minimum Gasteiger partial charge on any atom is -0.492 e. The second-order valence-electron chi connectivity index (χ2n) is 6.77. The number of aromatic nitrogens is 5. The maximum absolute atomic E-state index is 11.8. The van der Waals surface area contributed by atoms with Crippen LogP contribution < -0.4 is 11.1 Å². The maximum atomic E-state index is 11.8. The zero-order valence-corrected chi connectivity index (χ0v) is 18.9. The topological polar surface area (TPSA) is 194 Å². The van der Waals surface area contributed by atoms with Gasteiger partial charge in [-0.15, -0.1) is 10.2 Å². The van der Waals surface area contributed by atoms with Crippen molar-refractivity contribution in [1.29, 1.82) is 0 Å². The number of nitrogen functional groups attached to an aromatic ring is 1. The Morgan fingerprint density at radius 3 is 2.50 bits per heavy atom. The van der Waals surface area contributed by atoms with E-state index in [2.05, 4.69) is 35.6 Å². The first-order chi connectivity index (χ1) is 16.1. The van der Waals surface area contributed by atoms with Gasteiger partial charge in [0.15, 0.2) is 5.69 Å². The fourth-order valence-electron chi connectivity index (χ4n) is 2.92. The Hall–Kier alpha value is -4.14. The average molecular weight is 502 g/mol. The van der Waals surface area contributed by atoms with E-state index in [1.54, 1.807) is 31.2 Å². The standard InChI is InChI=1S/C19H16ClN9O4S/c1-10-15(16(30)29(28-10)12-5-3-2-4-6-12)27-26-13-9-11(7-8-14(13)34(31,32)33)22-19-24-17(20)23-18(21)25-19/h2-9,30H,1H3,(H,31,32,33)(H3,21,22,23,24,25). The van der Waals surface area contributed by atoms with Gasteiger partial charge in [-0.05, 0) is 48.9 Å². The van der Waals surface area contributed by atoms with Crippen molar-refractivity contribution in [2.45, 2.75) is 11.8 Å². The van der Waals surface area contributed by atoms with Crippen molar-refractivity contribution < 1.29 is 18.1 Å². The van der Waals surface area contributed by atoms with Gasteiger partial charge >= 0.3 is 0 Å². The molecule has 0 bridgehead atoms. The lowest BCUT2D eigenvalue weighted by Gasteiger charge is -2.08. The van der Waals surface area contributed by atoms with Crippen molar-refractivity contribution in [3.8, 4) is 11.6 Å². The Bertz CT molecular complexity index is 1490. The first-order valence-corrected chi connectivity index (χ1v) is 11.2. The molecular formula is C19H16ClN9O4S. The van der Waals surface area contributed by atoms with Crippen LogP contribution in [-0.4, -0.2) is 42.8 Å². The van der Waals surface area contributed by atoms with Gasteiger partial charge in [0.25, 0.3) is 10.1 Å². The number of benzene rings is 2. The van der Waals surface area contributed by atoms with Gasteiger partial charge in [0.05, 0.1) is 11.4 Å². The summed E-state index contributed by atoms with van der Waals surface area (Å²) in [6.45, 7) is 1.60. The molecule has 15 heteroatoms. The smallest absolute Gasteiger partial charge is 0.296 e. The highest BCUT2D eigenvalue weighted by atomic mass is 35.5. The van der Waals surface area contributed by atoms with Crippen molar-refractivity contribution in [3.05, 3.63) is 59.5 Å².